The fourth-order valence-electron chi connectivity index (χ4n) is 2.22. The molecule has 2 rings (SSSR count). The van der Waals surface area contributed by atoms with E-state index < -0.39 is 0 Å². The molecule has 0 atom stereocenters. The van der Waals surface area contributed by atoms with E-state index in [0.29, 0.717) is 17.3 Å². The third-order valence-corrected chi connectivity index (χ3v) is 3.22. The van der Waals surface area contributed by atoms with Crippen molar-refractivity contribution in [2.45, 2.75) is 19.3 Å². The molecule has 1 aromatic rings. The molecule has 0 amide bonds. The summed E-state index contributed by atoms with van der Waals surface area (Å²) in [4.78, 5) is 0. The molecule has 3 N–H and O–H groups in total. The first-order chi connectivity index (χ1) is 7.72. The van der Waals surface area contributed by atoms with E-state index in [1.54, 1.807) is 11.7 Å². The van der Waals surface area contributed by atoms with Crippen molar-refractivity contribution in [3.63, 3.8) is 0 Å². The van der Waals surface area contributed by atoms with Gasteiger partial charge in [-0.15, -0.1) is 0 Å². The molecule has 0 aromatic carbocycles. The van der Waals surface area contributed by atoms with Gasteiger partial charge in [0.1, 0.15) is 17.5 Å². The molecule has 1 aliphatic rings. The number of nitriles is 1. The molecule has 0 radical (unpaired) electrons. The van der Waals surface area contributed by atoms with Crippen LogP contribution < -0.4 is 11.1 Å². The summed E-state index contributed by atoms with van der Waals surface area (Å²) in [5.41, 5.74) is 7.20. The molecule has 0 unspecified atom stereocenters. The monoisotopic (exact) mass is 219 g/mol. The van der Waals surface area contributed by atoms with Crippen LogP contribution in [0.25, 0.3) is 0 Å². The molecule has 2 heterocycles. The SMILES string of the molecule is Cn1nc(CC2CCNCC2)c(C#N)c1N. The molecular weight excluding hydrogens is 202 g/mol. The van der Waals surface area contributed by atoms with Crippen molar-refractivity contribution in [3.8, 4) is 6.07 Å². The molecule has 0 bridgehead atoms. The van der Waals surface area contributed by atoms with E-state index in [2.05, 4.69) is 16.5 Å². The molecule has 16 heavy (non-hydrogen) atoms. The summed E-state index contributed by atoms with van der Waals surface area (Å²) < 4.78 is 1.59. The Morgan fingerprint density at radius 2 is 2.25 bits per heavy atom. The van der Waals surface area contributed by atoms with Gasteiger partial charge in [-0.25, -0.2) is 0 Å². The van der Waals surface area contributed by atoms with E-state index in [1.165, 1.54) is 0 Å². The van der Waals surface area contributed by atoms with Crippen LogP contribution in [0.4, 0.5) is 5.82 Å². The Balaban J connectivity index is 2.14. The zero-order chi connectivity index (χ0) is 11.5. The highest BCUT2D eigenvalue weighted by molar-refractivity contribution is 5.52. The fourth-order valence-corrected chi connectivity index (χ4v) is 2.22. The zero-order valence-corrected chi connectivity index (χ0v) is 9.53. The Hall–Kier alpha value is -1.54. The summed E-state index contributed by atoms with van der Waals surface area (Å²) in [5.74, 6) is 1.11. The van der Waals surface area contributed by atoms with Gasteiger partial charge >= 0.3 is 0 Å². The molecule has 5 heteroatoms. The van der Waals surface area contributed by atoms with Crippen LogP contribution in [-0.4, -0.2) is 22.9 Å². The Kier molecular flexibility index (Phi) is 3.11. The number of hydrogen-bond acceptors (Lipinski definition) is 4. The zero-order valence-electron chi connectivity index (χ0n) is 9.53. The number of aryl methyl sites for hydroxylation is 1. The van der Waals surface area contributed by atoms with E-state index >= 15 is 0 Å². The quantitative estimate of drug-likeness (QED) is 0.755. The first-order valence-electron chi connectivity index (χ1n) is 5.64. The van der Waals surface area contributed by atoms with E-state index in [-0.39, 0.29) is 0 Å². The lowest BCUT2D eigenvalue weighted by atomic mass is 9.92. The predicted octanol–water partition coefficient (Wildman–Crippen LogP) is 0.416. The second kappa shape index (κ2) is 4.54. The third-order valence-electron chi connectivity index (χ3n) is 3.22. The van der Waals surface area contributed by atoms with Crippen molar-refractivity contribution >= 4 is 5.82 Å². The average Bonchev–Trinajstić information content (AvgIpc) is 2.56. The predicted molar refractivity (Wildman–Crippen MR) is 61.6 cm³/mol. The minimum absolute atomic E-state index is 0.478. The van der Waals surface area contributed by atoms with Gasteiger partial charge in [-0.1, -0.05) is 0 Å². The molecule has 5 nitrogen and oxygen atoms in total. The summed E-state index contributed by atoms with van der Waals surface area (Å²) in [6.07, 6.45) is 3.18. The van der Waals surface area contributed by atoms with Crippen molar-refractivity contribution < 1.29 is 0 Å². The number of nitrogens with one attached hydrogen (secondary N) is 1. The van der Waals surface area contributed by atoms with E-state index in [9.17, 15) is 0 Å². The molecule has 1 aliphatic heterocycles. The normalized spacial score (nSPS) is 17.2. The van der Waals surface area contributed by atoms with Gasteiger partial charge in [-0.2, -0.15) is 10.4 Å². The highest BCUT2D eigenvalue weighted by atomic mass is 15.3. The van der Waals surface area contributed by atoms with Crippen molar-refractivity contribution in [3.05, 3.63) is 11.3 Å². The Labute approximate surface area is 95.2 Å². The first-order valence-corrected chi connectivity index (χ1v) is 5.64. The number of aromatic nitrogens is 2. The van der Waals surface area contributed by atoms with E-state index in [0.717, 1.165) is 38.0 Å². The van der Waals surface area contributed by atoms with Crippen LogP contribution in [0.1, 0.15) is 24.1 Å². The topological polar surface area (TPSA) is 79.7 Å². The minimum atomic E-state index is 0.478. The second-order valence-corrected chi connectivity index (χ2v) is 4.34. The molecule has 1 saturated heterocycles. The number of anilines is 1. The van der Waals surface area contributed by atoms with Gasteiger partial charge in [0, 0.05) is 7.05 Å². The van der Waals surface area contributed by atoms with Crippen LogP contribution >= 0.6 is 0 Å². The number of rotatable bonds is 2. The van der Waals surface area contributed by atoms with Gasteiger partial charge < -0.3 is 11.1 Å². The molecule has 86 valence electrons. The summed E-state index contributed by atoms with van der Waals surface area (Å²) in [6, 6.07) is 2.15. The largest absolute Gasteiger partial charge is 0.383 e. The number of hydrogen-bond donors (Lipinski definition) is 2. The maximum absolute atomic E-state index is 9.05. The highest BCUT2D eigenvalue weighted by Gasteiger charge is 2.19. The number of nitrogen functional groups attached to an aromatic ring is 1. The summed E-state index contributed by atoms with van der Waals surface area (Å²) in [5, 5.41) is 16.7. The minimum Gasteiger partial charge on any atom is -0.383 e. The number of nitrogens with zero attached hydrogens (tertiary/aromatic N) is 3. The lowest BCUT2D eigenvalue weighted by Gasteiger charge is -2.21. The Morgan fingerprint density at radius 1 is 1.56 bits per heavy atom. The highest BCUT2D eigenvalue weighted by Crippen LogP contribution is 2.22. The molecule has 1 aromatic heterocycles. The van der Waals surface area contributed by atoms with Gasteiger partial charge in [0.05, 0.1) is 5.69 Å². The van der Waals surface area contributed by atoms with Crippen molar-refractivity contribution in [1.82, 2.24) is 15.1 Å². The van der Waals surface area contributed by atoms with Crippen LogP contribution in [0, 0.1) is 17.2 Å². The number of nitrogens with two attached hydrogens (primary N) is 1. The second-order valence-electron chi connectivity index (χ2n) is 4.34. The standard InChI is InChI=1S/C11H17N5/c1-16-11(13)9(7-12)10(15-16)6-8-2-4-14-5-3-8/h8,14H,2-6,13H2,1H3. The average molecular weight is 219 g/mol. The van der Waals surface area contributed by atoms with Crippen LogP contribution in [-0.2, 0) is 13.5 Å². The lowest BCUT2D eigenvalue weighted by molar-refractivity contribution is 0.369. The third kappa shape index (κ3) is 2.02. The van der Waals surface area contributed by atoms with Crippen LogP contribution in [0.2, 0.25) is 0 Å². The molecule has 0 spiro atoms. The van der Waals surface area contributed by atoms with Crippen LogP contribution in [0.5, 0.6) is 0 Å². The van der Waals surface area contributed by atoms with Gasteiger partial charge in [0.25, 0.3) is 0 Å². The molecule has 1 fully saturated rings. The Bertz CT molecular complexity index is 409. The van der Waals surface area contributed by atoms with Gasteiger partial charge in [-0.3, -0.25) is 4.68 Å². The van der Waals surface area contributed by atoms with Gasteiger partial charge in [-0.05, 0) is 38.3 Å². The molecular formula is C11H17N5. The fraction of sp³-hybridized carbons (Fsp3) is 0.636. The van der Waals surface area contributed by atoms with Crippen LogP contribution in [0.3, 0.4) is 0 Å². The van der Waals surface area contributed by atoms with Crippen molar-refractivity contribution in [2.75, 3.05) is 18.8 Å². The lowest BCUT2D eigenvalue weighted by Crippen LogP contribution is -2.28. The summed E-state index contributed by atoms with van der Waals surface area (Å²) >= 11 is 0. The van der Waals surface area contributed by atoms with Crippen molar-refractivity contribution in [1.29, 1.82) is 5.26 Å². The van der Waals surface area contributed by atoms with E-state index in [1.807, 2.05) is 0 Å². The van der Waals surface area contributed by atoms with Gasteiger partial charge in [0.15, 0.2) is 0 Å². The summed E-state index contributed by atoms with van der Waals surface area (Å²) in [7, 11) is 1.78. The Morgan fingerprint density at radius 3 is 2.88 bits per heavy atom. The first kappa shape index (κ1) is 11.0. The van der Waals surface area contributed by atoms with Crippen molar-refractivity contribution in [2.24, 2.45) is 13.0 Å². The van der Waals surface area contributed by atoms with Gasteiger partial charge in [0.2, 0.25) is 0 Å². The maximum atomic E-state index is 9.05. The summed E-state index contributed by atoms with van der Waals surface area (Å²) in [6.45, 7) is 2.13. The smallest absolute Gasteiger partial charge is 0.139 e. The molecule has 0 aliphatic carbocycles. The molecule has 0 saturated carbocycles. The van der Waals surface area contributed by atoms with E-state index in [4.69, 9.17) is 11.0 Å². The maximum Gasteiger partial charge on any atom is 0.139 e. The number of piperidine rings is 1. The van der Waals surface area contributed by atoms with Crippen LogP contribution in [0.15, 0.2) is 0 Å².